The molecule has 0 heterocycles. The largest absolute Gasteiger partial charge is 0.459 e. The topological polar surface area (TPSA) is 44.8 Å². The maximum Gasteiger partial charge on any atom is 0.303 e. The second-order valence-corrected chi connectivity index (χ2v) is 7.80. The van der Waals surface area contributed by atoms with E-state index in [2.05, 4.69) is 27.7 Å². The second kappa shape index (κ2) is 5.88. The van der Waals surface area contributed by atoms with Crippen molar-refractivity contribution in [1.82, 2.24) is 0 Å². The summed E-state index contributed by atoms with van der Waals surface area (Å²) in [6.07, 6.45) is 4.17. The van der Waals surface area contributed by atoms with E-state index in [4.69, 9.17) is 14.2 Å². The minimum absolute atomic E-state index is 0.0142. The normalized spacial score (nSPS) is 39.9. The monoisotopic (exact) mass is 298 g/mol. The smallest absolute Gasteiger partial charge is 0.303 e. The van der Waals surface area contributed by atoms with Crippen LogP contribution in [0, 0.1) is 11.3 Å². The van der Waals surface area contributed by atoms with Crippen LogP contribution in [0.25, 0.3) is 0 Å². The summed E-state index contributed by atoms with van der Waals surface area (Å²) in [6, 6.07) is 0. The van der Waals surface area contributed by atoms with Gasteiger partial charge < -0.3 is 14.2 Å². The van der Waals surface area contributed by atoms with Gasteiger partial charge in [-0.1, -0.05) is 6.92 Å². The Morgan fingerprint density at radius 1 is 1.19 bits per heavy atom. The lowest BCUT2D eigenvalue weighted by atomic mass is 9.66. The summed E-state index contributed by atoms with van der Waals surface area (Å²) in [5.41, 5.74) is -0.0694. The van der Waals surface area contributed by atoms with E-state index < -0.39 is 0 Å². The molecule has 0 amide bonds. The van der Waals surface area contributed by atoms with Gasteiger partial charge in [-0.2, -0.15) is 0 Å². The van der Waals surface area contributed by atoms with Gasteiger partial charge in [0.2, 0.25) is 0 Å². The third kappa shape index (κ3) is 3.42. The van der Waals surface area contributed by atoms with Crippen molar-refractivity contribution in [3.05, 3.63) is 0 Å². The molecule has 0 aromatic carbocycles. The molecule has 0 aromatic rings. The maximum atomic E-state index is 11.5. The van der Waals surface area contributed by atoms with Gasteiger partial charge in [0.15, 0.2) is 0 Å². The number of esters is 1. The Kier molecular flexibility index (Phi) is 4.69. The molecule has 2 fully saturated rings. The van der Waals surface area contributed by atoms with E-state index in [-0.39, 0.29) is 35.3 Å². The molecule has 2 saturated carbocycles. The van der Waals surface area contributed by atoms with Gasteiger partial charge >= 0.3 is 5.97 Å². The highest BCUT2D eigenvalue weighted by Crippen LogP contribution is 2.55. The van der Waals surface area contributed by atoms with Crippen LogP contribution in [0.3, 0.4) is 0 Å². The third-order valence-corrected chi connectivity index (χ3v) is 5.15. The van der Waals surface area contributed by atoms with Gasteiger partial charge in [-0.3, -0.25) is 4.79 Å². The summed E-state index contributed by atoms with van der Waals surface area (Å²) in [7, 11) is 1.71. The molecule has 0 N–H and O–H groups in total. The van der Waals surface area contributed by atoms with E-state index in [9.17, 15) is 4.79 Å². The van der Waals surface area contributed by atoms with Crippen molar-refractivity contribution >= 4 is 5.97 Å². The fourth-order valence-electron chi connectivity index (χ4n) is 4.21. The molecule has 2 aliphatic carbocycles. The average molecular weight is 298 g/mol. The van der Waals surface area contributed by atoms with Crippen molar-refractivity contribution in [1.29, 1.82) is 0 Å². The Morgan fingerprint density at radius 2 is 1.86 bits per heavy atom. The van der Waals surface area contributed by atoms with Gasteiger partial charge in [0, 0.05) is 25.4 Å². The first-order valence-electron chi connectivity index (χ1n) is 8.05. The number of hydrogen-bond donors (Lipinski definition) is 0. The van der Waals surface area contributed by atoms with Crippen molar-refractivity contribution in [2.24, 2.45) is 11.3 Å². The maximum absolute atomic E-state index is 11.5. The summed E-state index contributed by atoms with van der Waals surface area (Å²) in [4.78, 5) is 11.5. The Hall–Kier alpha value is -0.610. The first-order chi connectivity index (χ1) is 9.67. The zero-order valence-electron chi connectivity index (χ0n) is 14.3. The highest BCUT2D eigenvalue weighted by Gasteiger charge is 2.56. The quantitative estimate of drug-likeness (QED) is 0.750. The van der Waals surface area contributed by atoms with Crippen molar-refractivity contribution in [3.8, 4) is 0 Å². The molecule has 2 aliphatic rings. The molecule has 2 rings (SSSR count). The SMILES string of the molecule is CO[C@H]1CC[C@]2(C)[C@@H](OC(C)(C)C)CC[C@H]2[C@H]1OC(C)=O. The van der Waals surface area contributed by atoms with Gasteiger partial charge in [0.05, 0.1) is 17.8 Å². The summed E-state index contributed by atoms with van der Waals surface area (Å²) in [5.74, 6) is 0.110. The van der Waals surface area contributed by atoms with Crippen molar-refractivity contribution in [2.75, 3.05) is 7.11 Å². The van der Waals surface area contributed by atoms with E-state index in [1.165, 1.54) is 6.92 Å². The van der Waals surface area contributed by atoms with Gasteiger partial charge in [-0.25, -0.2) is 0 Å². The molecule has 0 aromatic heterocycles. The Bertz CT molecular complexity index is 387. The lowest BCUT2D eigenvalue weighted by Crippen LogP contribution is -2.52. The molecule has 122 valence electrons. The van der Waals surface area contributed by atoms with Gasteiger partial charge in [0.1, 0.15) is 6.10 Å². The molecule has 0 bridgehead atoms. The van der Waals surface area contributed by atoms with Gasteiger partial charge in [0.25, 0.3) is 0 Å². The third-order valence-electron chi connectivity index (χ3n) is 5.15. The van der Waals surface area contributed by atoms with Crippen LogP contribution in [0.2, 0.25) is 0 Å². The van der Waals surface area contributed by atoms with Crippen LogP contribution in [0.4, 0.5) is 0 Å². The van der Waals surface area contributed by atoms with E-state index in [0.717, 1.165) is 25.7 Å². The van der Waals surface area contributed by atoms with Crippen LogP contribution >= 0.6 is 0 Å². The van der Waals surface area contributed by atoms with Crippen molar-refractivity contribution in [3.63, 3.8) is 0 Å². The Balaban J connectivity index is 2.20. The summed E-state index contributed by atoms with van der Waals surface area (Å²) in [5, 5.41) is 0. The van der Waals surface area contributed by atoms with Crippen LogP contribution in [-0.2, 0) is 19.0 Å². The molecule has 4 nitrogen and oxygen atoms in total. The number of methoxy groups -OCH3 is 1. The molecule has 4 heteroatoms. The molecule has 5 atom stereocenters. The van der Waals surface area contributed by atoms with E-state index in [1.54, 1.807) is 7.11 Å². The molecule has 21 heavy (non-hydrogen) atoms. The van der Waals surface area contributed by atoms with Crippen LogP contribution in [0.1, 0.15) is 60.3 Å². The first kappa shape index (κ1) is 16.8. The molecule has 0 unspecified atom stereocenters. The Labute approximate surface area is 128 Å². The van der Waals surface area contributed by atoms with E-state index >= 15 is 0 Å². The Morgan fingerprint density at radius 3 is 2.38 bits per heavy atom. The number of hydrogen-bond acceptors (Lipinski definition) is 4. The van der Waals surface area contributed by atoms with Crippen molar-refractivity contribution < 1.29 is 19.0 Å². The minimum atomic E-state index is -0.216. The molecule has 0 radical (unpaired) electrons. The molecule has 0 saturated heterocycles. The molecular weight excluding hydrogens is 268 g/mol. The predicted octanol–water partition coefficient (Wildman–Crippen LogP) is 3.33. The van der Waals surface area contributed by atoms with E-state index in [1.807, 2.05) is 0 Å². The van der Waals surface area contributed by atoms with Crippen molar-refractivity contribution in [2.45, 2.75) is 84.2 Å². The fraction of sp³-hybridized carbons (Fsp3) is 0.941. The standard InChI is InChI=1S/C17H30O4/c1-11(18)20-15-12-7-8-14(21-16(2,3)4)17(12,5)10-9-13(15)19-6/h12-15H,7-10H2,1-6H3/t12-,13-,14-,15+,17-/m0/s1. The summed E-state index contributed by atoms with van der Waals surface area (Å²) in [6.45, 7) is 10.1. The summed E-state index contributed by atoms with van der Waals surface area (Å²) >= 11 is 0. The van der Waals surface area contributed by atoms with Crippen LogP contribution < -0.4 is 0 Å². The highest BCUT2D eigenvalue weighted by molar-refractivity contribution is 5.66. The average Bonchev–Trinajstić information content (AvgIpc) is 2.65. The van der Waals surface area contributed by atoms with Crippen LogP contribution in [-0.4, -0.2) is 37.0 Å². The number of carbonyl (C=O) groups excluding carboxylic acids is 1. The minimum Gasteiger partial charge on any atom is -0.459 e. The lowest BCUT2D eigenvalue weighted by Gasteiger charge is -2.47. The summed E-state index contributed by atoms with van der Waals surface area (Å²) < 4.78 is 17.5. The van der Waals surface area contributed by atoms with E-state index in [0.29, 0.717) is 5.92 Å². The predicted molar refractivity (Wildman–Crippen MR) is 81.0 cm³/mol. The lowest BCUT2D eigenvalue weighted by molar-refractivity contribution is -0.183. The number of ether oxygens (including phenoxy) is 3. The van der Waals surface area contributed by atoms with Gasteiger partial charge in [-0.15, -0.1) is 0 Å². The number of fused-ring (bicyclic) bond motifs is 1. The van der Waals surface area contributed by atoms with Crippen LogP contribution in [0.5, 0.6) is 0 Å². The molecular formula is C17H30O4. The molecule has 0 aliphatic heterocycles. The first-order valence-corrected chi connectivity index (χ1v) is 8.05. The zero-order chi connectivity index (χ0) is 15.8. The number of rotatable bonds is 3. The van der Waals surface area contributed by atoms with Gasteiger partial charge in [-0.05, 0) is 46.5 Å². The van der Waals surface area contributed by atoms with Crippen LogP contribution in [0.15, 0.2) is 0 Å². The zero-order valence-corrected chi connectivity index (χ0v) is 14.3. The fourth-order valence-corrected chi connectivity index (χ4v) is 4.21. The highest BCUT2D eigenvalue weighted by atomic mass is 16.6. The number of carbonyl (C=O) groups is 1. The second-order valence-electron chi connectivity index (χ2n) is 7.80. The molecule has 0 spiro atoms.